The third-order valence-electron chi connectivity index (χ3n) is 4.20. The molecular formula is C22H19N3O3S. The van der Waals surface area contributed by atoms with Gasteiger partial charge in [0.05, 0.1) is 25.6 Å². The normalized spacial score (nSPS) is 10.5. The summed E-state index contributed by atoms with van der Waals surface area (Å²) in [5.41, 5.74) is 2.18. The summed E-state index contributed by atoms with van der Waals surface area (Å²) >= 11 is 1.31. The van der Waals surface area contributed by atoms with Crippen LogP contribution in [-0.4, -0.2) is 18.0 Å². The lowest BCUT2D eigenvalue weighted by Crippen LogP contribution is -2.11. The van der Waals surface area contributed by atoms with E-state index in [-0.39, 0.29) is 5.91 Å². The number of carbonyl (C=O) groups is 1. The van der Waals surface area contributed by atoms with Gasteiger partial charge in [-0.15, -0.1) is 0 Å². The van der Waals surface area contributed by atoms with E-state index in [0.29, 0.717) is 33.7 Å². The number of benzene rings is 2. The Morgan fingerprint density at radius 2 is 1.97 bits per heavy atom. The molecular weight excluding hydrogens is 386 g/mol. The summed E-state index contributed by atoms with van der Waals surface area (Å²) in [6.07, 6.45) is 1.63. The van der Waals surface area contributed by atoms with E-state index in [4.69, 9.17) is 9.15 Å². The van der Waals surface area contributed by atoms with Crippen LogP contribution in [-0.2, 0) is 6.54 Å². The summed E-state index contributed by atoms with van der Waals surface area (Å²) in [7, 11) is 1.59. The maximum Gasteiger partial charge on any atom is 0.268 e. The molecule has 0 unspecified atom stereocenters. The van der Waals surface area contributed by atoms with Crippen molar-refractivity contribution in [3.63, 3.8) is 0 Å². The molecule has 7 heteroatoms. The quantitative estimate of drug-likeness (QED) is 0.438. The first-order valence-corrected chi connectivity index (χ1v) is 9.82. The van der Waals surface area contributed by atoms with Crippen LogP contribution in [0.3, 0.4) is 0 Å². The lowest BCUT2D eigenvalue weighted by Gasteiger charge is -2.07. The molecule has 0 radical (unpaired) electrons. The number of rotatable bonds is 7. The van der Waals surface area contributed by atoms with Gasteiger partial charge in [0, 0.05) is 17.3 Å². The van der Waals surface area contributed by atoms with Crippen LogP contribution >= 0.6 is 11.3 Å². The van der Waals surface area contributed by atoms with Gasteiger partial charge in [-0.1, -0.05) is 47.7 Å². The number of furan rings is 1. The molecule has 0 fully saturated rings. The minimum Gasteiger partial charge on any atom is -0.497 e. The molecule has 0 saturated carbocycles. The number of hydrogen-bond acceptors (Lipinski definition) is 6. The first kappa shape index (κ1) is 18.8. The highest BCUT2D eigenvalue weighted by Crippen LogP contribution is 2.32. The first-order valence-electron chi connectivity index (χ1n) is 9.01. The van der Waals surface area contributed by atoms with Gasteiger partial charge < -0.3 is 19.8 Å². The molecule has 0 saturated heterocycles. The Labute approximate surface area is 172 Å². The molecule has 1 amide bonds. The van der Waals surface area contributed by atoms with Crippen molar-refractivity contribution in [2.45, 2.75) is 6.54 Å². The smallest absolute Gasteiger partial charge is 0.268 e. The highest BCUT2D eigenvalue weighted by atomic mass is 32.1. The van der Waals surface area contributed by atoms with Crippen LogP contribution in [0.1, 0.15) is 15.4 Å². The molecule has 0 aliphatic carbocycles. The number of anilines is 2. The van der Waals surface area contributed by atoms with E-state index in [0.717, 1.165) is 11.3 Å². The van der Waals surface area contributed by atoms with Crippen LogP contribution in [0, 0.1) is 0 Å². The lowest BCUT2D eigenvalue weighted by atomic mass is 10.1. The molecule has 0 bridgehead atoms. The maximum atomic E-state index is 13.0. The van der Waals surface area contributed by atoms with Gasteiger partial charge in [0.15, 0.2) is 5.13 Å². The van der Waals surface area contributed by atoms with Gasteiger partial charge in [-0.25, -0.2) is 4.98 Å². The highest BCUT2D eigenvalue weighted by Gasteiger charge is 2.20. The van der Waals surface area contributed by atoms with Crippen molar-refractivity contribution >= 4 is 28.1 Å². The second-order valence-corrected chi connectivity index (χ2v) is 7.18. The molecule has 0 spiro atoms. The summed E-state index contributed by atoms with van der Waals surface area (Å²) in [5, 5.41) is 6.81. The van der Waals surface area contributed by atoms with Crippen molar-refractivity contribution in [2.75, 3.05) is 17.7 Å². The van der Waals surface area contributed by atoms with Crippen LogP contribution in [0.2, 0.25) is 0 Å². The molecule has 2 aromatic carbocycles. The third kappa shape index (κ3) is 4.47. The molecule has 2 heterocycles. The average Bonchev–Trinajstić information content (AvgIpc) is 3.43. The number of amides is 1. The predicted molar refractivity (Wildman–Crippen MR) is 115 cm³/mol. The summed E-state index contributed by atoms with van der Waals surface area (Å²) in [6.45, 7) is 0.492. The van der Waals surface area contributed by atoms with E-state index in [1.54, 1.807) is 19.4 Å². The van der Waals surface area contributed by atoms with Gasteiger partial charge in [0.1, 0.15) is 16.4 Å². The van der Waals surface area contributed by atoms with Crippen LogP contribution in [0.4, 0.5) is 10.8 Å². The number of nitrogens with one attached hydrogen (secondary N) is 2. The van der Waals surface area contributed by atoms with Gasteiger partial charge in [-0.05, 0) is 24.3 Å². The number of carbonyl (C=O) groups excluding carboxylic acids is 1. The Morgan fingerprint density at radius 3 is 2.72 bits per heavy atom. The average molecular weight is 405 g/mol. The SMILES string of the molecule is COc1cccc(NC(=O)c2sc(NCc3ccco3)nc2-c2ccccc2)c1. The van der Waals surface area contributed by atoms with Gasteiger partial charge in [0.25, 0.3) is 5.91 Å². The molecule has 2 aromatic heterocycles. The van der Waals surface area contributed by atoms with Crippen molar-refractivity contribution in [1.82, 2.24) is 4.98 Å². The van der Waals surface area contributed by atoms with E-state index < -0.39 is 0 Å². The Bertz CT molecular complexity index is 1090. The number of nitrogens with zero attached hydrogens (tertiary/aromatic N) is 1. The summed E-state index contributed by atoms with van der Waals surface area (Å²) in [4.78, 5) is 18.2. The van der Waals surface area contributed by atoms with E-state index in [9.17, 15) is 4.79 Å². The molecule has 29 heavy (non-hydrogen) atoms. The Kier molecular flexibility index (Phi) is 5.58. The first-order chi connectivity index (χ1) is 14.2. The van der Waals surface area contributed by atoms with E-state index >= 15 is 0 Å². The second kappa shape index (κ2) is 8.62. The predicted octanol–water partition coefficient (Wildman–Crippen LogP) is 5.28. The van der Waals surface area contributed by atoms with Gasteiger partial charge in [0.2, 0.25) is 0 Å². The lowest BCUT2D eigenvalue weighted by molar-refractivity contribution is 0.103. The number of thiazole rings is 1. The third-order valence-corrected chi connectivity index (χ3v) is 5.21. The van der Waals surface area contributed by atoms with Crippen LogP contribution in [0.5, 0.6) is 5.75 Å². The summed E-state index contributed by atoms with van der Waals surface area (Å²) < 4.78 is 10.6. The second-order valence-electron chi connectivity index (χ2n) is 6.18. The zero-order valence-electron chi connectivity index (χ0n) is 15.7. The van der Waals surface area contributed by atoms with Crippen molar-refractivity contribution in [3.8, 4) is 17.0 Å². The fourth-order valence-electron chi connectivity index (χ4n) is 2.81. The molecule has 6 nitrogen and oxygen atoms in total. The number of hydrogen-bond donors (Lipinski definition) is 2. The van der Waals surface area contributed by atoms with Crippen LogP contribution < -0.4 is 15.4 Å². The maximum absolute atomic E-state index is 13.0. The van der Waals surface area contributed by atoms with Crippen molar-refractivity contribution in [1.29, 1.82) is 0 Å². The minimum atomic E-state index is -0.222. The molecule has 2 N–H and O–H groups in total. The Balaban J connectivity index is 1.61. The minimum absolute atomic E-state index is 0.222. The van der Waals surface area contributed by atoms with Gasteiger partial charge >= 0.3 is 0 Å². The largest absolute Gasteiger partial charge is 0.497 e. The molecule has 0 aliphatic rings. The molecule has 4 rings (SSSR count). The molecule has 0 atom stereocenters. The van der Waals surface area contributed by atoms with E-state index in [2.05, 4.69) is 15.6 Å². The monoisotopic (exact) mass is 405 g/mol. The topological polar surface area (TPSA) is 76.4 Å². The Hall–Kier alpha value is -3.58. The van der Waals surface area contributed by atoms with Crippen LogP contribution in [0.15, 0.2) is 77.4 Å². The zero-order chi connectivity index (χ0) is 20.1. The summed E-state index contributed by atoms with van der Waals surface area (Å²) in [6, 6.07) is 20.6. The van der Waals surface area contributed by atoms with Crippen molar-refractivity contribution in [2.24, 2.45) is 0 Å². The fraction of sp³-hybridized carbons (Fsp3) is 0.0909. The molecule has 0 aliphatic heterocycles. The molecule has 4 aromatic rings. The van der Waals surface area contributed by atoms with E-state index in [1.165, 1.54) is 11.3 Å². The fourth-order valence-corrected chi connectivity index (χ4v) is 3.68. The number of methoxy groups -OCH3 is 1. The van der Waals surface area contributed by atoms with Gasteiger partial charge in [-0.2, -0.15) is 0 Å². The van der Waals surface area contributed by atoms with Gasteiger partial charge in [-0.3, -0.25) is 4.79 Å². The number of ether oxygens (including phenoxy) is 1. The highest BCUT2D eigenvalue weighted by molar-refractivity contribution is 7.18. The standard InChI is InChI=1S/C22H19N3O3S/c1-27-17-10-5-9-16(13-17)24-21(26)20-19(15-7-3-2-4-8-15)25-22(29-20)23-14-18-11-6-12-28-18/h2-13H,14H2,1H3,(H,23,25)(H,24,26). The number of aromatic nitrogens is 1. The Morgan fingerprint density at radius 1 is 1.10 bits per heavy atom. The van der Waals surface area contributed by atoms with Crippen LogP contribution in [0.25, 0.3) is 11.3 Å². The molecule has 146 valence electrons. The van der Waals surface area contributed by atoms with Crippen molar-refractivity contribution in [3.05, 3.63) is 83.6 Å². The zero-order valence-corrected chi connectivity index (χ0v) is 16.5. The summed E-state index contributed by atoms with van der Waals surface area (Å²) in [5.74, 6) is 1.25. The van der Waals surface area contributed by atoms with E-state index in [1.807, 2.05) is 60.7 Å². The van der Waals surface area contributed by atoms with Crippen molar-refractivity contribution < 1.29 is 13.9 Å².